The van der Waals surface area contributed by atoms with E-state index in [1.54, 1.807) is 37.1 Å². The van der Waals surface area contributed by atoms with Gasteiger partial charge in [-0.1, -0.05) is 11.6 Å². The predicted molar refractivity (Wildman–Crippen MR) is 84.5 cm³/mol. The number of hydrogen-bond acceptors (Lipinski definition) is 5. The van der Waals surface area contributed by atoms with Crippen LogP contribution < -0.4 is 11.1 Å². The molecule has 1 amide bonds. The Kier molecular flexibility index (Phi) is 6.91. The normalized spacial score (nSPS) is 14.0. The van der Waals surface area contributed by atoms with Gasteiger partial charge in [-0.05, 0) is 32.2 Å². The summed E-state index contributed by atoms with van der Waals surface area (Å²) in [6.07, 6.45) is -0.647. The molecule has 21 heavy (non-hydrogen) atoms. The van der Waals surface area contributed by atoms with E-state index in [2.05, 4.69) is 5.32 Å². The highest BCUT2D eigenvalue weighted by molar-refractivity contribution is 6.31. The van der Waals surface area contributed by atoms with Crippen molar-refractivity contribution in [3.05, 3.63) is 23.2 Å². The number of nitrogens with zero attached hydrogens (tertiary/aromatic N) is 1. The lowest BCUT2D eigenvalue weighted by Gasteiger charge is -2.26. The second-order valence-electron chi connectivity index (χ2n) is 4.95. The maximum absolute atomic E-state index is 12.2. The largest absolute Gasteiger partial charge is 0.397 e. The minimum absolute atomic E-state index is 0.222. The van der Waals surface area contributed by atoms with Gasteiger partial charge in [0.15, 0.2) is 0 Å². The molecular formula is C14H22ClN3O3. The van der Waals surface area contributed by atoms with Crippen LogP contribution in [0.3, 0.4) is 0 Å². The number of methoxy groups -OCH3 is 1. The van der Waals surface area contributed by atoms with E-state index < -0.39 is 12.1 Å². The van der Waals surface area contributed by atoms with E-state index in [4.69, 9.17) is 22.1 Å². The van der Waals surface area contributed by atoms with Crippen LogP contribution in [0.4, 0.5) is 11.4 Å². The number of carbonyl (C=O) groups is 1. The van der Waals surface area contributed by atoms with Crippen LogP contribution in [0.25, 0.3) is 0 Å². The van der Waals surface area contributed by atoms with E-state index in [0.717, 1.165) is 0 Å². The van der Waals surface area contributed by atoms with Crippen molar-refractivity contribution in [2.75, 3.05) is 38.4 Å². The number of ether oxygens (including phenoxy) is 1. The van der Waals surface area contributed by atoms with E-state index in [1.165, 1.54) is 7.11 Å². The van der Waals surface area contributed by atoms with Crippen LogP contribution in [0, 0.1) is 0 Å². The Morgan fingerprint density at radius 3 is 2.86 bits per heavy atom. The average molecular weight is 316 g/mol. The third kappa shape index (κ3) is 5.51. The van der Waals surface area contributed by atoms with Gasteiger partial charge in [0.1, 0.15) is 0 Å². The second-order valence-corrected chi connectivity index (χ2v) is 5.38. The summed E-state index contributed by atoms with van der Waals surface area (Å²) in [4.78, 5) is 13.9. The Balaban J connectivity index is 2.63. The van der Waals surface area contributed by atoms with Gasteiger partial charge in [-0.25, -0.2) is 0 Å². The maximum atomic E-state index is 12.2. The average Bonchev–Trinajstić information content (AvgIpc) is 2.42. The number of anilines is 2. The van der Waals surface area contributed by atoms with Crippen LogP contribution in [-0.4, -0.2) is 55.4 Å². The summed E-state index contributed by atoms with van der Waals surface area (Å²) in [6.45, 7) is 2.29. The Bertz CT molecular complexity index is 485. The van der Waals surface area contributed by atoms with Crippen molar-refractivity contribution in [3.63, 3.8) is 0 Å². The molecule has 4 N–H and O–H groups in total. The number of halogens is 1. The van der Waals surface area contributed by atoms with Crippen LogP contribution in [0.1, 0.15) is 6.92 Å². The zero-order valence-corrected chi connectivity index (χ0v) is 13.2. The molecule has 0 aromatic heterocycles. The van der Waals surface area contributed by atoms with Crippen LogP contribution in [-0.2, 0) is 9.53 Å². The van der Waals surface area contributed by atoms with Gasteiger partial charge < -0.3 is 20.9 Å². The lowest BCUT2D eigenvalue weighted by molar-refractivity contribution is -0.120. The first kappa shape index (κ1) is 17.7. The number of nitrogen functional groups attached to an aromatic ring is 1. The van der Waals surface area contributed by atoms with Gasteiger partial charge in [-0.3, -0.25) is 9.69 Å². The third-order valence-corrected chi connectivity index (χ3v) is 3.41. The van der Waals surface area contributed by atoms with Gasteiger partial charge in [0.25, 0.3) is 0 Å². The van der Waals surface area contributed by atoms with Crippen molar-refractivity contribution in [1.82, 2.24) is 4.90 Å². The number of aliphatic hydroxyl groups is 1. The molecule has 7 heteroatoms. The molecule has 0 aliphatic rings. The highest BCUT2D eigenvalue weighted by Crippen LogP contribution is 2.23. The molecule has 2 unspecified atom stereocenters. The third-order valence-electron chi connectivity index (χ3n) is 3.17. The van der Waals surface area contributed by atoms with Crippen LogP contribution in [0.5, 0.6) is 0 Å². The lowest BCUT2D eigenvalue weighted by atomic mass is 10.2. The first-order chi connectivity index (χ1) is 9.85. The van der Waals surface area contributed by atoms with Crippen molar-refractivity contribution in [1.29, 1.82) is 0 Å². The van der Waals surface area contributed by atoms with E-state index in [-0.39, 0.29) is 12.5 Å². The summed E-state index contributed by atoms with van der Waals surface area (Å²) >= 11 is 5.88. The number of hydrogen-bond donors (Lipinski definition) is 3. The highest BCUT2D eigenvalue weighted by atomic mass is 35.5. The number of aliphatic hydroxyl groups excluding tert-OH is 1. The first-order valence-electron chi connectivity index (χ1n) is 6.58. The zero-order valence-electron chi connectivity index (χ0n) is 12.5. The van der Waals surface area contributed by atoms with Gasteiger partial charge in [0.2, 0.25) is 5.91 Å². The van der Waals surface area contributed by atoms with Crippen LogP contribution in [0.15, 0.2) is 18.2 Å². The van der Waals surface area contributed by atoms with E-state index in [9.17, 15) is 9.90 Å². The molecule has 0 fully saturated rings. The molecule has 2 atom stereocenters. The Hall–Kier alpha value is -1.34. The molecule has 0 saturated heterocycles. The van der Waals surface area contributed by atoms with Gasteiger partial charge in [-0.2, -0.15) is 0 Å². The van der Waals surface area contributed by atoms with Crippen molar-refractivity contribution in [2.45, 2.75) is 19.1 Å². The summed E-state index contributed by atoms with van der Waals surface area (Å²) < 4.78 is 4.86. The van der Waals surface area contributed by atoms with Crippen molar-refractivity contribution < 1.29 is 14.6 Å². The predicted octanol–water partition coefficient (Wildman–Crippen LogP) is 1.19. The standard InChI is InChI=1S/C14H22ClN3O3/c1-9(18(2)7-11(19)8-21-3)14(20)17-13-6-10(15)4-5-12(13)16/h4-6,9,11,19H,7-8,16H2,1-3H3,(H,17,20). The molecule has 6 nitrogen and oxygen atoms in total. The second kappa shape index (κ2) is 8.19. The van der Waals surface area contributed by atoms with Crippen molar-refractivity contribution in [3.8, 4) is 0 Å². The Morgan fingerprint density at radius 1 is 1.57 bits per heavy atom. The molecule has 118 valence electrons. The van der Waals surface area contributed by atoms with Gasteiger partial charge in [0.05, 0.1) is 30.1 Å². The summed E-state index contributed by atoms with van der Waals surface area (Å²) in [5, 5.41) is 12.9. The molecule has 0 spiro atoms. The summed E-state index contributed by atoms with van der Waals surface area (Å²) in [5.41, 5.74) is 6.71. The maximum Gasteiger partial charge on any atom is 0.241 e. The molecule has 0 radical (unpaired) electrons. The minimum Gasteiger partial charge on any atom is -0.397 e. The fourth-order valence-electron chi connectivity index (χ4n) is 1.81. The zero-order chi connectivity index (χ0) is 16.0. The van der Waals surface area contributed by atoms with Crippen molar-refractivity contribution >= 4 is 28.9 Å². The van der Waals surface area contributed by atoms with Gasteiger partial charge in [-0.15, -0.1) is 0 Å². The first-order valence-corrected chi connectivity index (χ1v) is 6.96. The topological polar surface area (TPSA) is 87.8 Å². The van der Waals surface area contributed by atoms with E-state index in [0.29, 0.717) is 22.9 Å². The van der Waals surface area contributed by atoms with Crippen LogP contribution in [0.2, 0.25) is 5.02 Å². The quantitative estimate of drug-likeness (QED) is 0.658. The fraction of sp³-hybridized carbons (Fsp3) is 0.500. The Labute approximate surface area is 129 Å². The molecule has 0 aliphatic carbocycles. The monoisotopic (exact) mass is 315 g/mol. The lowest BCUT2D eigenvalue weighted by Crippen LogP contribution is -2.44. The molecule has 0 aliphatic heterocycles. The minimum atomic E-state index is -0.647. The molecule has 1 rings (SSSR count). The fourth-order valence-corrected chi connectivity index (χ4v) is 1.98. The van der Waals surface area contributed by atoms with E-state index >= 15 is 0 Å². The number of nitrogens with two attached hydrogens (primary N) is 1. The number of likely N-dealkylation sites (N-methyl/N-ethyl adjacent to an activating group) is 1. The summed E-state index contributed by atoms with van der Waals surface area (Å²) in [6, 6.07) is 4.45. The van der Waals surface area contributed by atoms with E-state index in [1.807, 2.05) is 0 Å². The molecule has 0 bridgehead atoms. The molecule has 1 aromatic carbocycles. The SMILES string of the molecule is COCC(O)CN(C)C(C)C(=O)Nc1cc(Cl)ccc1N. The highest BCUT2D eigenvalue weighted by Gasteiger charge is 2.21. The smallest absolute Gasteiger partial charge is 0.241 e. The molecular weight excluding hydrogens is 294 g/mol. The molecule has 0 heterocycles. The molecule has 1 aromatic rings. The van der Waals surface area contributed by atoms with Crippen LogP contribution >= 0.6 is 11.6 Å². The number of nitrogens with one attached hydrogen (secondary N) is 1. The number of carbonyl (C=O) groups excluding carboxylic acids is 1. The number of benzene rings is 1. The van der Waals surface area contributed by atoms with Gasteiger partial charge >= 0.3 is 0 Å². The molecule has 0 saturated carbocycles. The number of amides is 1. The Morgan fingerprint density at radius 2 is 2.24 bits per heavy atom. The van der Waals surface area contributed by atoms with Crippen molar-refractivity contribution in [2.24, 2.45) is 0 Å². The summed E-state index contributed by atoms with van der Waals surface area (Å²) in [7, 11) is 3.27. The summed E-state index contributed by atoms with van der Waals surface area (Å²) in [5.74, 6) is -0.226. The number of rotatable bonds is 7. The van der Waals surface area contributed by atoms with Gasteiger partial charge in [0, 0.05) is 18.7 Å².